The molecule has 0 saturated heterocycles. The van der Waals surface area contributed by atoms with E-state index in [1.807, 2.05) is 0 Å². The Morgan fingerprint density at radius 1 is 1.26 bits per heavy atom. The lowest BCUT2D eigenvalue weighted by Gasteiger charge is -2.06. The molecule has 0 amide bonds. The van der Waals surface area contributed by atoms with Crippen molar-refractivity contribution in [1.29, 1.82) is 0 Å². The fraction of sp³-hybridized carbons (Fsp3) is 0.0667. The largest absolute Gasteiger partial charge is 0.421 e. The number of esters is 1. The van der Waals surface area contributed by atoms with E-state index < -0.39 is 18.2 Å². The fourth-order valence-corrected chi connectivity index (χ4v) is 2.69. The third-order valence-electron chi connectivity index (χ3n) is 3.04. The molecule has 1 aromatic heterocycles. The van der Waals surface area contributed by atoms with Crippen molar-refractivity contribution in [3.05, 3.63) is 57.3 Å². The number of imidazole rings is 1. The van der Waals surface area contributed by atoms with Crippen LogP contribution in [0, 0.1) is 0 Å². The number of hydrogen-bond acceptors (Lipinski definition) is 3. The lowest BCUT2D eigenvalue weighted by atomic mass is 10.2. The number of halogens is 4. The molecule has 0 radical (unpaired) electrons. The quantitative estimate of drug-likeness (QED) is 0.489. The van der Waals surface area contributed by atoms with Gasteiger partial charge in [0, 0.05) is 4.47 Å². The number of carbonyl (C=O) groups excluding carboxylic acids is 1. The topological polar surface area (TPSA) is 55.0 Å². The maximum atomic E-state index is 12.6. The molecule has 1 N–H and O–H groups in total. The molecule has 0 aliphatic carbocycles. The first kappa shape index (κ1) is 15.9. The minimum absolute atomic E-state index is 0.195. The maximum Gasteiger partial charge on any atom is 0.343 e. The van der Waals surface area contributed by atoms with Gasteiger partial charge in [0.25, 0.3) is 6.43 Å². The van der Waals surface area contributed by atoms with Crippen molar-refractivity contribution < 1.29 is 18.3 Å². The van der Waals surface area contributed by atoms with Crippen molar-refractivity contribution >= 4 is 44.5 Å². The lowest BCUT2D eigenvalue weighted by Crippen LogP contribution is -2.08. The van der Waals surface area contributed by atoms with E-state index in [0.717, 1.165) is 4.47 Å². The van der Waals surface area contributed by atoms with E-state index in [2.05, 4.69) is 25.9 Å². The molecule has 0 atom stereocenters. The van der Waals surface area contributed by atoms with Crippen LogP contribution in [0.4, 0.5) is 8.78 Å². The van der Waals surface area contributed by atoms with Crippen molar-refractivity contribution in [2.24, 2.45) is 0 Å². The Morgan fingerprint density at radius 2 is 2.04 bits per heavy atom. The number of ether oxygens (including phenoxy) is 1. The predicted octanol–water partition coefficient (Wildman–Crippen LogP) is 5.14. The molecule has 0 aliphatic heterocycles. The van der Waals surface area contributed by atoms with Gasteiger partial charge in [0.15, 0.2) is 5.82 Å². The van der Waals surface area contributed by atoms with Gasteiger partial charge in [-0.25, -0.2) is 18.6 Å². The molecule has 2 aromatic carbocycles. The minimum atomic E-state index is -2.71. The van der Waals surface area contributed by atoms with Crippen molar-refractivity contribution in [3.63, 3.8) is 0 Å². The number of rotatable bonds is 3. The summed E-state index contributed by atoms with van der Waals surface area (Å²) < 4.78 is 31.2. The second kappa shape index (κ2) is 6.25. The van der Waals surface area contributed by atoms with Gasteiger partial charge in [0.2, 0.25) is 0 Å². The van der Waals surface area contributed by atoms with Crippen LogP contribution in [0.2, 0.25) is 5.02 Å². The second-order valence-corrected chi connectivity index (χ2v) is 5.94. The molecule has 0 aliphatic rings. The van der Waals surface area contributed by atoms with Gasteiger partial charge in [0.1, 0.15) is 5.75 Å². The predicted molar refractivity (Wildman–Crippen MR) is 85.2 cm³/mol. The zero-order valence-electron chi connectivity index (χ0n) is 11.3. The minimum Gasteiger partial charge on any atom is -0.421 e. The molecule has 3 aromatic rings. The average Bonchev–Trinajstić information content (AvgIpc) is 2.93. The molecule has 0 fully saturated rings. The van der Waals surface area contributed by atoms with E-state index in [-0.39, 0.29) is 16.3 Å². The number of aromatic nitrogens is 2. The third-order valence-corrected chi connectivity index (χ3v) is 3.83. The summed E-state index contributed by atoms with van der Waals surface area (Å²) in [5.41, 5.74) is 0.871. The van der Waals surface area contributed by atoms with Gasteiger partial charge in [-0.05, 0) is 36.4 Å². The van der Waals surface area contributed by atoms with Gasteiger partial charge in [-0.15, -0.1) is 0 Å². The van der Waals surface area contributed by atoms with Crippen LogP contribution in [-0.4, -0.2) is 15.9 Å². The summed E-state index contributed by atoms with van der Waals surface area (Å²) in [5, 5.41) is 0.273. The van der Waals surface area contributed by atoms with Crippen molar-refractivity contribution in [2.75, 3.05) is 0 Å². The number of aromatic amines is 1. The molecule has 1 heterocycles. The molecule has 0 saturated carbocycles. The van der Waals surface area contributed by atoms with Crippen LogP contribution >= 0.6 is 27.5 Å². The Labute approximate surface area is 142 Å². The van der Waals surface area contributed by atoms with Crippen molar-refractivity contribution in [3.8, 4) is 5.75 Å². The normalized spacial score (nSPS) is 11.2. The van der Waals surface area contributed by atoms with Gasteiger partial charge in [-0.1, -0.05) is 27.5 Å². The summed E-state index contributed by atoms with van der Waals surface area (Å²) in [7, 11) is 0. The van der Waals surface area contributed by atoms with E-state index in [4.69, 9.17) is 16.3 Å². The van der Waals surface area contributed by atoms with Gasteiger partial charge in [-0.3, -0.25) is 0 Å². The summed E-state index contributed by atoms with van der Waals surface area (Å²) in [6.45, 7) is 0. The molecular weight excluding hydrogens is 394 g/mol. The fourth-order valence-electron chi connectivity index (χ4n) is 1.98. The van der Waals surface area contributed by atoms with Crippen molar-refractivity contribution in [1.82, 2.24) is 9.97 Å². The van der Waals surface area contributed by atoms with E-state index in [0.29, 0.717) is 11.0 Å². The average molecular weight is 402 g/mol. The molecule has 23 heavy (non-hydrogen) atoms. The number of nitrogens with zero attached hydrogens (tertiary/aromatic N) is 1. The Bertz CT molecular complexity index is 898. The molecule has 4 nitrogen and oxygen atoms in total. The summed E-state index contributed by atoms with van der Waals surface area (Å²) in [4.78, 5) is 18.4. The smallest absolute Gasteiger partial charge is 0.343 e. The lowest BCUT2D eigenvalue weighted by molar-refractivity contribution is 0.0735. The van der Waals surface area contributed by atoms with E-state index in [9.17, 15) is 13.6 Å². The van der Waals surface area contributed by atoms with Crippen LogP contribution < -0.4 is 4.74 Å². The van der Waals surface area contributed by atoms with Gasteiger partial charge < -0.3 is 9.72 Å². The highest BCUT2D eigenvalue weighted by atomic mass is 79.9. The first-order valence-corrected chi connectivity index (χ1v) is 7.56. The zero-order valence-corrected chi connectivity index (χ0v) is 13.7. The van der Waals surface area contributed by atoms with Crippen molar-refractivity contribution in [2.45, 2.75) is 6.43 Å². The highest BCUT2D eigenvalue weighted by molar-refractivity contribution is 9.10. The Morgan fingerprint density at radius 3 is 2.74 bits per heavy atom. The summed E-state index contributed by atoms with van der Waals surface area (Å²) in [5.74, 6) is -0.886. The van der Waals surface area contributed by atoms with Gasteiger partial charge >= 0.3 is 5.97 Å². The number of fused-ring (bicyclic) bond motifs is 1. The number of hydrogen-bond donors (Lipinski definition) is 1. The Balaban J connectivity index is 1.88. The molecule has 118 valence electrons. The van der Waals surface area contributed by atoms with Crippen LogP contribution in [-0.2, 0) is 0 Å². The van der Waals surface area contributed by atoms with Crippen LogP contribution in [0.25, 0.3) is 11.0 Å². The summed E-state index contributed by atoms with van der Waals surface area (Å²) in [6.07, 6.45) is -2.71. The van der Waals surface area contributed by atoms with Crippen LogP contribution in [0.15, 0.2) is 40.9 Å². The highest BCUT2D eigenvalue weighted by Crippen LogP contribution is 2.28. The first-order valence-electron chi connectivity index (χ1n) is 6.39. The van der Waals surface area contributed by atoms with E-state index in [1.54, 1.807) is 18.2 Å². The van der Waals surface area contributed by atoms with E-state index in [1.165, 1.54) is 18.2 Å². The summed E-state index contributed by atoms with van der Waals surface area (Å²) in [6, 6.07) is 9.15. The molecule has 0 spiro atoms. The standard InChI is InChI=1S/C15H8BrClF2N2O2/c16-8-2-4-12(9(17)6-8)23-15(22)7-1-3-10-11(5-7)21-14(20-10)13(18)19/h1-6,13H,(H,20,21). The molecular formula is C15H8BrClF2N2O2. The van der Waals surface area contributed by atoms with Crippen LogP contribution in [0.1, 0.15) is 22.6 Å². The molecule has 8 heteroatoms. The monoisotopic (exact) mass is 400 g/mol. The second-order valence-electron chi connectivity index (χ2n) is 4.62. The molecule has 3 rings (SSSR count). The number of carbonyl (C=O) groups is 1. The van der Waals surface area contributed by atoms with E-state index >= 15 is 0 Å². The van der Waals surface area contributed by atoms with Gasteiger partial charge in [-0.2, -0.15) is 0 Å². The van der Waals surface area contributed by atoms with Crippen LogP contribution in [0.3, 0.4) is 0 Å². The Kier molecular flexibility index (Phi) is 4.32. The number of H-pyrrole nitrogens is 1. The highest BCUT2D eigenvalue weighted by Gasteiger charge is 2.16. The number of nitrogens with one attached hydrogen (secondary N) is 1. The number of alkyl halides is 2. The Hall–Kier alpha value is -1.99. The maximum absolute atomic E-state index is 12.6. The molecule has 0 bridgehead atoms. The first-order chi connectivity index (χ1) is 10.9. The SMILES string of the molecule is O=C(Oc1ccc(Br)cc1Cl)c1ccc2nc(C(F)F)[nH]c2c1. The zero-order chi connectivity index (χ0) is 16.6. The number of benzene rings is 2. The summed E-state index contributed by atoms with van der Waals surface area (Å²) >= 11 is 9.24. The third kappa shape index (κ3) is 3.35. The molecule has 0 unspecified atom stereocenters. The van der Waals surface area contributed by atoms with Gasteiger partial charge in [0.05, 0.1) is 21.6 Å². The van der Waals surface area contributed by atoms with Crippen LogP contribution in [0.5, 0.6) is 5.75 Å².